The molecule has 1 heterocycles. The summed E-state index contributed by atoms with van der Waals surface area (Å²) in [5, 5.41) is 9.04. The zero-order valence-corrected chi connectivity index (χ0v) is 11.6. The van der Waals surface area contributed by atoms with Gasteiger partial charge in [0.2, 0.25) is 0 Å². The molecular formula is C13H14F3NO2S. The van der Waals surface area contributed by atoms with Crippen LogP contribution in [0.2, 0.25) is 0 Å². The van der Waals surface area contributed by atoms with Crippen LogP contribution in [0.3, 0.4) is 0 Å². The van der Waals surface area contributed by atoms with Gasteiger partial charge >= 0.3 is 12.3 Å². The van der Waals surface area contributed by atoms with Crippen LogP contribution in [0, 0.1) is 0 Å². The Morgan fingerprint density at radius 3 is 2.75 bits per heavy atom. The molecule has 1 unspecified atom stereocenters. The van der Waals surface area contributed by atoms with Crippen LogP contribution in [-0.4, -0.2) is 23.5 Å². The molecule has 1 aromatic carbocycles. The lowest BCUT2D eigenvalue weighted by Gasteiger charge is -2.32. The van der Waals surface area contributed by atoms with Crippen LogP contribution in [0.4, 0.5) is 23.7 Å². The van der Waals surface area contributed by atoms with Gasteiger partial charge in [0.15, 0.2) is 0 Å². The van der Waals surface area contributed by atoms with E-state index in [9.17, 15) is 18.0 Å². The van der Waals surface area contributed by atoms with Gasteiger partial charge in [0.25, 0.3) is 0 Å². The highest BCUT2D eigenvalue weighted by Gasteiger charge is 2.35. The summed E-state index contributed by atoms with van der Waals surface area (Å²) in [6.45, 7) is 2.24. The quantitative estimate of drug-likeness (QED) is 0.881. The van der Waals surface area contributed by atoms with Gasteiger partial charge in [-0.15, -0.1) is 0 Å². The molecule has 1 aliphatic heterocycles. The zero-order chi connectivity index (χ0) is 14.9. The second-order valence-electron chi connectivity index (χ2n) is 4.44. The van der Waals surface area contributed by atoms with Crippen LogP contribution in [0.15, 0.2) is 18.2 Å². The Morgan fingerprint density at radius 1 is 1.50 bits per heavy atom. The number of carboxylic acid groups (broad SMARTS) is 1. The summed E-state index contributed by atoms with van der Waals surface area (Å²) in [4.78, 5) is 12.3. The number of anilines is 1. The first-order chi connectivity index (χ1) is 9.34. The molecule has 1 aliphatic rings. The molecule has 1 amide bonds. The molecule has 0 aliphatic carbocycles. The second kappa shape index (κ2) is 5.55. The number of carbonyl (C=O) groups is 1. The van der Waals surface area contributed by atoms with Gasteiger partial charge < -0.3 is 5.11 Å². The first kappa shape index (κ1) is 15.0. The fraction of sp³-hybridized carbons (Fsp3) is 0.462. The van der Waals surface area contributed by atoms with Crippen molar-refractivity contribution in [2.45, 2.75) is 24.8 Å². The summed E-state index contributed by atoms with van der Waals surface area (Å²) in [5.41, 5.74) is 0.0909. The van der Waals surface area contributed by atoms with Gasteiger partial charge in [-0.3, -0.25) is 4.90 Å². The van der Waals surface area contributed by atoms with Crippen molar-refractivity contribution in [3.8, 4) is 0 Å². The Balaban J connectivity index is 2.49. The van der Waals surface area contributed by atoms with E-state index in [1.807, 2.05) is 6.92 Å². The summed E-state index contributed by atoms with van der Waals surface area (Å²) in [6.07, 6.45) is -5.02. The molecule has 1 aromatic rings. The number of alkyl halides is 3. The maximum Gasteiger partial charge on any atom is 0.416 e. The third-order valence-corrected chi connectivity index (χ3v) is 4.43. The summed E-state index contributed by atoms with van der Waals surface area (Å²) in [6, 6.07) is 3.28. The van der Waals surface area contributed by atoms with Crippen molar-refractivity contribution in [3.05, 3.63) is 29.3 Å². The van der Waals surface area contributed by atoms with E-state index in [1.165, 1.54) is 6.07 Å². The lowest BCUT2D eigenvalue weighted by Crippen LogP contribution is -2.35. The molecule has 1 atom stereocenters. The normalized spacial score (nSPS) is 18.8. The number of benzene rings is 1. The largest absolute Gasteiger partial charge is 0.465 e. The number of fused-ring (bicyclic) bond motifs is 1. The molecular weight excluding hydrogens is 291 g/mol. The van der Waals surface area contributed by atoms with Crippen molar-refractivity contribution in [3.63, 3.8) is 0 Å². The van der Waals surface area contributed by atoms with Gasteiger partial charge in [0, 0.05) is 11.8 Å². The smallest absolute Gasteiger partial charge is 0.416 e. The summed E-state index contributed by atoms with van der Waals surface area (Å²) in [5.74, 6) is 0.771. The van der Waals surface area contributed by atoms with Crippen molar-refractivity contribution in [1.29, 1.82) is 0 Å². The summed E-state index contributed by atoms with van der Waals surface area (Å²) < 4.78 is 38.4. The van der Waals surface area contributed by atoms with Crippen LogP contribution in [-0.2, 0) is 6.18 Å². The van der Waals surface area contributed by atoms with E-state index in [4.69, 9.17) is 5.11 Å². The predicted molar refractivity (Wildman–Crippen MR) is 72.3 cm³/mol. The van der Waals surface area contributed by atoms with Crippen molar-refractivity contribution in [2.75, 3.05) is 17.2 Å². The van der Waals surface area contributed by atoms with Crippen molar-refractivity contribution < 1.29 is 23.1 Å². The van der Waals surface area contributed by atoms with Gasteiger partial charge in [0.05, 0.1) is 11.3 Å². The van der Waals surface area contributed by atoms with E-state index in [1.54, 1.807) is 11.8 Å². The number of hydrogen-bond acceptors (Lipinski definition) is 2. The molecule has 0 saturated carbocycles. The molecule has 0 bridgehead atoms. The first-order valence-corrected chi connectivity index (χ1v) is 7.22. The minimum atomic E-state index is -4.41. The predicted octanol–water partition coefficient (Wildman–Crippen LogP) is 4.39. The molecule has 2 rings (SSSR count). The van der Waals surface area contributed by atoms with E-state index in [-0.39, 0.29) is 5.25 Å². The summed E-state index contributed by atoms with van der Waals surface area (Å²) >= 11 is 1.54. The summed E-state index contributed by atoms with van der Waals surface area (Å²) in [7, 11) is 0. The maximum absolute atomic E-state index is 12.8. The Bertz CT molecular complexity index is 519. The average Bonchev–Trinajstić information content (AvgIpc) is 2.37. The first-order valence-electron chi connectivity index (χ1n) is 6.17. The SMILES string of the molecule is CCSC1CCN(C(=O)O)c2ccc(C(F)(F)F)cc21. The molecule has 20 heavy (non-hydrogen) atoms. The number of halogens is 3. The Hall–Kier alpha value is -1.37. The number of hydrogen-bond donors (Lipinski definition) is 1. The van der Waals surface area contributed by atoms with Crippen molar-refractivity contribution >= 4 is 23.5 Å². The van der Waals surface area contributed by atoms with E-state index in [0.29, 0.717) is 24.2 Å². The Kier molecular flexibility index (Phi) is 4.17. The number of amides is 1. The topological polar surface area (TPSA) is 40.5 Å². The van der Waals surface area contributed by atoms with Crippen LogP contribution in [0.25, 0.3) is 0 Å². The second-order valence-corrected chi connectivity index (χ2v) is 5.92. The minimum Gasteiger partial charge on any atom is -0.465 e. The molecule has 3 nitrogen and oxygen atoms in total. The van der Waals surface area contributed by atoms with Gasteiger partial charge in [0.1, 0.15) is 0 Å². The maximum atomic E-state index is 12.8. The van der Waals surface area contributed by atoms with E-state index in [0.717, 1.165) is 22.8 Å². The van der Waals surface area contributed by atoms with Crippen LogP contribution in [0.5, 0.6) is 0 Å². The van der Waals surface area contributed by atoms with Gasteiger partial charge in [-0.25, -0.2) is 4.79 Å². The molecule has 0 aromatic heterocycles. The Labute approximate surface area is 118 Å². The molecule has 110 valence electrons. The molecule has 0 spiro atoms. The number of rotatable bonds is 2. The minimum absolute atomic E-state index is 0.0899. The third kappa shape index (κ3) is 2.87. The van der Waals surface area contributed by atoms with Crippen LogP contribution >= 0.6 is 11.8 Å². The monoisotopic (exact) mass is 305 g/mol. The standard InChI is InChI=1S/C13H14F3NO2S/c1-2-20-11-5-6-17(12(18)19)10-4-3-8(7-9(10)11)13(14,15)16/h3-4,7,11H,2,5-6H2,1H3,(H,18,19). The van der Waals surface area contributed by atoms with Gasteiger partial charge in [-0.2, -0.15) is 24.9 Å². The highest BCUT2D eigenvalue weighted by atomic mass is 32.2. The van der Waals surface area contributed by atoms with Gasteiger partial charge in [-0.1, -0.05) is 6.92 Å². The molecule has 0 radical (unpaired) electrons. The fourth-order valence-corrected chi connectivity index (χ4v) is 3.37. The molecule has 1 N–H and O–H groups in total. The van der Waals surface area contributed by atoms with Crippen LogP contribution in [0.1, 0.15) is 29.7 Å². The lowest BCUT2D eigenvalue weighted by atomic mass is 9.98. The number of thioether (sulfide) groups is 1. The average molecular weight is 305 g/mol. The van der Waals surface area contributed by atoms with E-state index in [2.05, 4.69) is 0 Å². The highest BCUT2D eigenvalue weighted by Crippen LogP contribution is 2.44. The molecule has 0 fully saturated rings. The zero-order valence-electron chi connectivity index (χ0n) is 10.8. The highest BCUT2D eigenvalue weighted by molar-refractivity contribution is 7.99. The number of nitrogens with zero attached hydrogens (tertiary/aromatic N) is 1. The van der Waals surface area contributed by atoms with Crippen molar-refractivity contribution in [1.82, 2.24) is 0 Å². The molecule has 0 saturated heterocycles. The third-order valence-electron chi connectivity index (χ3n) is 3.21. The lowest BCUT2D eigenvalue weighted by molar-refractivity contribution is -0.137. The van der Waals surface area contributed by atoms with Crippen LogP contribution < -0.4 is 4.90 Å². The van der Waals surface area contributed by atoms with E-state index >= 15 is 0 Å². The van der Waals surface area contributed by atoms with Gasteiger partial charge in [-0.05, 0) is 35.9 Å². The Morgan fingerprint density at radius 2 is 2.20 bits per heavy atom. The fourth-order valence-electron chi connectivity index (χ4n) is 2.33. The molecule has 7 heteroatoms. The van der Waals surface area contributed by atoms with Crippen molar-refractivity contribution in [2.24, 2.45) is 0 Å². The van der Waals surface area contributed by atoms with E-state index < -0.39 is 17.8 Å².